The molecule has 0 radical (unpaired) electrons. The molecule has 1 N–H and O–H groups in total. The molecule has 0 atom stereocenters. The first-order valence-corrected chi connectivity index (χ1v) is 6.87. The van der Waals surface area contributed by atoms with Gasteiger partial charge in [0.25, 0.3) is 0 Å². The van der Waals surface area contributed by atoms with Crippen LogP contribution in [0.25, 0.3) is 11.1 Å². The Balaban J connectivity index is 1.95. The number of benzene rings is 1. The minimum atomic E-state index is 0.213. The molecule has 0 aliphatic heterocycles. The highest BCUT2D eigenvalue weighted by atomic mass is 35.5. The smallest absolute Gasteiger partial charge is 0.222 e. The van der Waals surface area contributed by atoms with Gasteiger partial charge in [-0.1, -0.05) is 48.0 Å². The zero-order valence-electron chi connectivity index (χ0n) is 11.2. The van der Waals surface area contributed by atoms with Gasteiger partial charge in [0.05, 0.1) is 6.54 Å². The van der Waals surface area contributed by atoms with Crippen LogP contribution in [-0.2, 0) is 6.54 Å². The molecule has 1 aromatic carbocycles. The molecule has 0 saturated carbocycles. The molecule has 0 fully saturated rings. The summed E-state index contributed by atoms with van der Waals surface area (Å²) in [5, 5.41) is 8.39. The van der Waals surface area contributed by atoms with E-state index in [1.165, 1.54) is 0 Å². The van der Waals surface area contributed by atoms with Crippen molar-refractivity contribution < 1.29 is 0 Å². The Morgan fingerprint density at radius 3 is 2.48 bits per heavy atom. The highest BCUT2D eigenvalue weighted by Gasteiger charge is 2.02. The first-order chi connectivity index (χ1) is 10.2. The molecule has 4 nitrogen and oxygen atoms in total. The van der Waals surface area contributed by atoms with Crippen molar-refractivity contribution in [1.82, 2.24) is 14.5 Å². The number of nitrogens with one attached hydrogen (secondary N) is 1. The van der Waals surface area contributed by atoms with Crippen LogP contribution in [0.15, 0.2) is 61.1 Å². The topological polar surface area (TPSA) is 54.6 Å². The zero-order valence-corrected chi connectivity index (χ0v) is 12.0. The van der Waals surface area contributed by atoms with Gasteiger partial charge < -0.3 is 4.57 Å². The largest absolute Gasteiger partial charge is 0.313 e. The minimum Gasteiger partial charge on any atom is -0.313 e. The average Bonchev–Trinajstić information content (AvgIpc) is 2.52. The van der Waals surface area contributed by atoms with E-state index in [4.69, 9.17) is 17.0 Å². The number of hydrogen-bond donors (Lipinski definition) is 1. The Labute approximate surface area is 127 Å². The van der Waals surface area contributed by atoms with Crippen LogP contribution < -0.4 is 5.62 Å². The summed E-state index contributed by atoms with van der Waals surface area (Å²) in [6.45, 7) is 0.538. The van der Waals surface area contributed by atoms with Crippen LogP contribution in [0.2, 0.25) is 5.15 Å². The summed E-state index contributed by atoms with van der Waals surface area (Å²) < 4.78 is 1.78. The summed E-state index contributed by atoms with van der Waals surface area (Å²) >= 11 is 5.78. The molecule has 0 aliphatic rings. The van der Waals surface area contributed by atoms with Gasteiger partial charge >= 0.3 is 0 Å². The summed E-state index contributed by atoms with van der Waals surface area (Å²) in [6, 6.07) is 13.6. The molecule has 0 saturated heterocycles. The van der Waals surface area contributed by atoms with Crippen molar-refractivity contribution >= 4 is 11.6 Å². The molecule has 0 bridgehead atoms. The molecular formula is C16H13ClN4. The highest BCUT2D eigenvalue weighted by molar-refractivity contribution is 6.29. The van der Waals surface area contributed by atoms with Gasteiger partial charge in [0.1, 0.15) is 5.15 Å². The lowest BCUT2D eigenvalue weighted by molar-refractivity contribution is 0.693. The Bertz CT molecular complexity index is 795. The van der Waals surface area contributed by atoms with E-state index in [1.807, 2.05) is 42.6 Å². The van der Waals surface area contributed by atoms with Gasteiger partial charge in [-0.25, -0.2) is 9.97 Å². The van der Waals surface area contributed by atoms with Gasteiger partial charge in [0, 0.05) is 24.2 Å². The summed E-state index contributed by atoms with van der Waals surface area (Å²) in [6.07, 6.45) is 5.36. The van der Waals surface area contributed by atoms with Crippen LogP contribution in [0.1, 0.15) is 5.56 Å². The summed E-state index contributed by atoms with van der Waals surface area (Å²) in [7, 11) is 0. The first-order valence-electron chi connectivity index (χ1n) is 6.49. The number of hydrogen-bond acceptors (Lipinski definition) is 3. The van der Waals surface area contributed by atoms with E-state index in [9.17, 15) is 0 Å². The maximum Gasteiger partial charge on any atom is 0.222 e. The molecule has 0 amide bonds. The molecule has 2 aromatic heterocycles. The Kier molecular flexibility index (Phi) is 3.79. The van der Waals surface area contributed by atoms with Crippen LogP contribution in [-0.4, -0.2) is 14.5 Å². The zero-order chi connectivity index (χ0) is 14.7. The molecule has 21 heavy (non-hydrogen) atoms. The molecular weight excluding hydrogens is 284 g/mol. The van der Waals surface area contributed by atoms with E-state index in [-0.39, 0.29) is 5.62 Å². The standard InChI is InChI=1S/C16H13ClN4/c17-15-7-6-12(8-19-15)10-21-11-14(9-20-16(21)18)13-4-2-1-3-5-13/h1-9,11,18H,10H2. The number of aromatic nitrogens is 3. The minimum absolute atomic E-state index is 0.213. The number of rotatable bonds is 3. The number of halogens is 1. The van der Waals surface area contributed by atoms with Gasteiger partial charge in [-0.05, 0) is 17.2 Å². The van der Waals surface area contributed by atoms with Crippen LogP contribution in [0.4, 0.5) is 0 Å². The molecule has 0 unspecified atom stereocenters. The predicted molar refractivity (Wildman–Crippen MR) is 81.9 cm³/mol. The third-order valence-electron chi connectivity index (χ3n) is 3.14. The first kappa shape index (κ1) is 13.5. The van der Waals surface area contributed by atoms with Gasteiger partial charge in [-0.15, -0.1) is 0 Å². The Morgan fingerprint density at radius 1 is 0.952 bits per heavy atom. The monoisotopic (exact) mass is 296 g/mol. The third kappa shape index (κ3) is 3.17. The van der Waals surface area contributed by atoms with Gasteiger partial charge in [0.15, 0.2) is 0 Å². The van der Waals surface area contributed by atoms with Crippen molar-refractivity contribution in [2.75, 3.05) is 0 Å². The second-order valence-electron chi connectivity index (χ2n) is 4.65. The molecule has 5 heteroatoms. The van der Waals surface area contributed by atoms with Gasteiger partial charge in [0.2, 0.25) is 5.62 Å². The molecule has 3 rings (SSSR count). The van der Waals surface area contributed by atoms with Gasteiger partial charge in [-0.3, -0.25) is 5.41 Å². The van der Waals surface area contributed by atoms with Crippen molar-refractivity contribution in [2.45, 2.75) is 6.54 Å². The van der Waals surface area contributed by atoms with Crippen molar-refractivity contribution in [2.24, 2.45) is 0 Å². The van der Waals surface area contributed by atoms with E-state index < -0.39 is 0 Å². The van der Waals surface area contributed by atoms with Crippen LogP contribution in [0, 0.1) is 5.41 Å². The fourth-order valence-electron chi connectivity index (χ4n) is 2.06. The maximum absolute atomic E-state index is 7.93. The van der Waals surface area contributed by atoms with E-state index in [0.29, 0.717) is 11.7 Å². The normalized spacial score (nSPS) is 10.5. The maximum atomic E-state index is 7.93. The highest BCUT2D eigenvalue weighted by Crippen LogP contribution is 2.16. The number of pyridine rings is 1. The van der Waals surface area contributed by atoms with Crippen molar-refractivity contribution in [1.29, 1.82) is 5.41 Å². The lowest BCUT2D eigenvalue weighted by Crippen LogP contribution is -2.23. The van der Waals surface area contributed by atoms with Crippen molar-refractivity contribution in [3.05, 3.63) is 77.4 Å². The fraction of sp³-hybridized carbons (Fsp3) is 0.0625. The van der Waals surface area contributed by atoms with Crippen LogP contribution in [0.5, 0.6) is 0 Å². The average molecular weight is 297 g/mol. The molecule has 3 aromatic rings. The Morgan fingerprint density at radius 2 is 1.76 bits per heavy atom. The molecule has 0 spiro atoms. The third-order valence-corrected chi connectivity index (χ3v) is 3.37. The van der Waals surface area contributed by atoms with Crippen molar-refractivity contribution in [3.63, 3.8) is 0 Å². The second-order valence-corrected chi connectivity index (χ2v) is 5.04. The van der Waals surface area contributed by atoms with E-state index >= 15 is 0 Å². The lowest BCUT2D eigenvalue weighted by Gasteiger charge is -2.09. The molecule has 2 heterocycles. The number of nitrogens with zero attached hydrogens (tertiary/aromatic N) is 3. The van der Waals surface area contributed by atoms with Crippen LogP contribution in [0.3, 0.4) is 0 Å². The van der Waals surface area contributed by atoms with Crippen molar-refractivity contribution in [3.8, 4) is 11.1 Å². The van der Waals surface area contributed by atoms with E-state index in [0.717, 1.165) is 16.7 Å². The van der Waals surface area contributed by atoms with Crippen LogP contribution >= 0.6 is 11.6 Å². The summed E-state index contributed by atoms with van der Waals surface area (Å²) in [5.74, 6) is 0. The van der Waals surface area contributed by atoms with E-state index in [1.54, 1.807) is 23.0 Å². The quantitative estimate of drug-likeness (QED) is 0.755. The fourth-order valence-corrected chi connectivity index (χ4v) is 2.18. The van der Waals surface area contributed by atoms with Gasteiger partial charge in [-0.2, -0.15) is 0 Å². The summed E-state index contributed by atoms with van der Waals surface area (Å²) in [5.41, 5.74) is 3.25. The Hall–Kier alpha value is -2.46. The lowest BCUT2D eigenvalue weighted by atomic mass is 10.1. The SMILES string of the molecule is N=c1ncc(-c2ccccc2)cn1Cc1ccc(Cl)nc1. The van der Waals surface area contributed by atoms with E-state index in [2.05, 4.69) is 9.97 Å². The predicted octanol–water partition coefficient (Wildman–Crippen LogP) is 3.13. The molecule has 104 valence electrons. The second kappa shape index (κ2) is 5.89. The molecule has 0 aliphatic carbocycles. The summed E-state index contributed by atoms with van der Waals surface area (Å²) in [4.78, 5) is 8.21.